The molecular weight excluding hydrogens is 1230 g/mol. The van der Waals surface area contributed by atoms with Crippen molar-refractivity contribution in [3.8, 4) is 78.3 Å². The van der Waals surface area contributed by atoms with Crippen LogP contribution in [0, 0.1) is 13.8 Å². The molecule has 0 saturated carbocycles. The third kappa shape index (κ3) is 8.63. The fraction of sp³-hybridized carbons (Fsp3) is 0.0750. The molecule has 0 aliphatic carbocycles. The van der Waals surface area contributed by atoms with Gasteiger partial charge in [0.05, 0.1) is 0 Å². The number of nitrogens with zero attached hydrogens (tertiary/aromatic N) is 4. The van der Waals surface area contributed by atoms with E-state index in [4.69, 9.17) is 4.74 Å². The van der Waals surface area contributed by atoms with E-state index < -0.39 is 17.6 Å². The summed E-state index contributed by atoms with van der Waals surface area (Å²) in [7, 11) is 0. The Labute approximate surface area is 510 Å². The summed E-state index contributed by atoms with van der Waals surface area (Å²) in [6.45, 7) is 4.54. The van der Waals surface area contributed by atoms with Crippen molar-refractivity contribution in [2.24, 2.45) is 0 Å². The minimum atomic E-state index is -1.33. The van der Waals surface area contributed by atoms with Gasteiger partial charge in [0.25, 0.3) is 0 Å². The molecule has 0 amide bonds. The predicted octanol–water partition coefficient (Wildman–Crippen LogP) is 20.1. The van der Waals surface area contributed by atoms with Gasteiger partial charge in [-0.2, -0.15) is 0 Å². The third-order valence-corrected chi connectivity index (χ3v) is 20.8. The number of benzene rings is 12. The van der Waals surface area contributed by atoms with Gasteiger partial charge < -0.3 is 0 Å². The van der Waals surface area contributed by atoms with Crippen LogP contribution in [0.25, 0.3) is 66.8 Å². The van der Waals surface area contributed by atoms with Crippen molar-refractivity contribution in [2.45, 2.75) is 39.5 Å². The molecule has 6 heteroatoms. The number of aryl methyl sites for hydroxylation is 6. The minimum absolute atomic E-state index is 0.775. The van der Waals surface area contributed by atoms with Crippen molar-refractivity contribution in [3.05, 3.63) is 300 Å². The SMILES string of the molecule is Cc1cc2c3c(c1)-c1ccc(cc1)CCc1ccc(cc1)-c1cc(C)cc(c1N1[C]4=[Pt]=[C]5N(c6cccc(c6)Oc6cccc(c6)N4c4ccc(-c6ccccc6)cc41)c1ccc(-c4ccccc4)cc1N53)-c1ccc(cc1)CCc1ccc-2cc1. The van der Waals surface area contributed by atoms with Crippen LogP contribution in [0.15, 0.2) is 267 Å². The van der Waals surface area contributed by atoms with Gasteiger partial charge in [-0.1, -0.05) is 0 Å². The first-order valence-electron chi connectivity index (χ1n) is 29.9. The maximum atomic E-state index is 7.07. The summed E-state index contributed by atoms with van der Waals surface area (Å²) in [5, 5.41) is 0. The van der Waals surface area contributed by atoms with E-state index in [-0.39, 0.29) is 0 Å². The molecule has 9 aliphatic heterocycles. The normalized spacial score (nSPS) is 14.2. The van der Waals surface area contributed by atoms with Gasteiger partial charge in [-0.25, -0.2) is 0 Å². The second-order valence-electron chi connectivity index (χ2n) is 23.3. The molecule has 0 atom stereocenters. The van der Waals surface area contributed by atoms with Crippen molar-refractivity contribution < 1.29 is 22.4 Å². The first-order chi connectivity index (χ1) is 42.4. The van der Waals surface area contributed by atoms with Crippen LogP contribution in [-0.4, -0.2) is 8.29 Å². The molecule has 12 aromatic rings. The molecule has 12 aromatic carbocycles. The fourth-order valence-electron chi connectivity index (χ4n) is 13.5. The molecule has 0 radical (unpaired) electrons. The van der Waals surface area contributed by atoms with Gasteiger partial charge in [-0.3, -0.25) is 0 Å². The van der Waals surface area contributed by atoms with Crippen LogP contribution >= 0.6 is 0 Å². The third-order valence-electron chi connectivity index (χ3n) is 17.8. The van der Waals surface area contributed by atoms with Crippen molar-refractivity contribution in [1.82, 2.24) is 0 Å². The Morgan fingerprint density at radius 3 is 0.965 bits per heavy atom. The second kappa shape index (κ2) is 20.4. The fourth-order valence-corrected chi connectivity index (χ4v) is 17.1. The number of anilines is 8. The summed E-state index contributed by atoms with van der Waals surface area (Å²) < 4.78 is 9.46. The van der Waals surface area contributed by atoms with E-state index in [2.05, 4.69) is 300 Å². The summed E-state index contributed by atoms with van der Waals surface area (Å²) in [4.78, 5) is 10.6. The quantitative estimate of drug-likeness (QED) is 0.172. The Balaban J connectivity index is 1.11. The van der Waals surface area contributed by atoms with E-state index in [9.17, 15) is 0 Å². The number of rotatable bonds is 2. The van der Waals surface area contributed by atoms with Crippen molar-refractivity contribution in [2.75, 3.05) is 19.6 Å². The van der Waals surface area contributed by atoms with Gasteiger partial charge in [0.2, 0.25) is 0 Å². The molecule has 5 nitrogen and oxygen atoms in total. The molecule has 9 aliphatic rings. The molecule has 0 unspecified atom stereocenters. The number of ether oxygens (including phenoxy) is 1. The van der Waals surface area contributed by atoms with Gasteiger partial charge >= 0.3 is 514 Å². The van der Waals surface area contributed by atoms with Crippen LogP contribution < -0.4 is 24.3 Å². The Morgan fingerprint density at radius 2 is 0.616 bits per heavy atom. The zero-order valence-electron chi connectivity index (χ0n) is 47.7. The van der Waals surface area contributed by atoms with E-state index in [0.29, 0.717) is 0 Å². The van der Waals surface area contributed by atoms with Gasteiger partial charge in [-0.15, -0.1) is 0 Å². The Kier molecular flexibility index (Phi) is 12.0. The summed E-state index contributed by atoms with van der Waals surface area (Å²) in [5.41, 5.74) is 30.7. The first-order valence-corrected chi connectivity index (χ1v) is 32.1. The van der Waals surface area contributed by atoms with Gasteiger partial charge in [0.1, 0.15) is 0 Å². The average molecular weight is 1290 g/mol. The van der Waals surface area contributed by atoms with Crippen molar-refractivity contribution in [3.63, 3.8) is 0 Å². The van der Waals surface area contributed by atoms with Gasteiger partial charge in [0.15, 0.2) is 0 Å². The molecule has 0 spiro atoms. The Hall–Kier alpha value is -9.93. The number of hydrogen-bond acceptors (Lipinski definition) is 5. The molecule has 414 valence electrons. The summed E-state index contributed by atoms with van der Waals surface area (Å²) in [5.74, 6) is 1.55. The van der Waals surface area contributed by atoms with Crippen LogP contribution in [-0.2, 0) is 43.3 Å². The molecule has 0 saturated heterocycles. The molecule has 21 rings (SSSR count). The van der Waals surface area contributed by atoms with E-state index in [1.54, 1.807) is 0 Å². The van der Waals surface area contributed by atoms with Crippen LogP contribution in [0.5, 0.6) is 11.5 Å². The Bertz CT molecular complexity index is 4340. The molecule has 9 heterocycles. The molecule has 0 fully saturated rings. The van der Waals surface area contributed by atoms with Crippen molar-refractivity contribution in [1.29, 1.82) is 0 Å². The Morgan fingerprint density at radius 1 is 0.279 bits per heavy atom. The molecule has 16 bridgehead atoms. The van der Waals surface area contributed by atoms with Crippen LogP contribution in [0.2, 0.25) is 0 Å². The average Bonchev–Trinajstić information content (AvgIpc) is 1.80. The number of hydrogen-bond donors (Lipinski definition) is 0. The van der Waals surface area contributed by atoms with Crippen molar-refractivity contribution >= 4 is 53.8 Å². The summed E-state index contributed by atoms with van der Waals surface area (Å²) in [6.07, 6.45) is 3.72. The number of fused-ring (bicyclic) bond motifs is 14. The van der Waals surface area contributed by atoms with E-state index in [1.165, 1.54) is 97.3 Å². The van der Waals surface area contributed by atoms with Crippen LogP contribution in [0.4, 0.5) is 45.5 Å². The molecule has 0 N–H and O–H groups in total. The van der Waals surface area contributed by atoms with E-state index in [1.807, 2.05) is 0 Å². The summed E-state index contributed by atoms with van der Waals surface area (Å²) in [6, 6.07) is 101. The monoisotopic (exact) mass is 1290 g/mol. The van der Waals surface area contributed by atoms with Crippen LogP contribution in [0.1, 0.15) is 33.4 Å². The predicted molar refractivity (Wildman–Crippen MR) is 354 cm³/mol. The standard InChI is InChI=1S/C80H58N4O.Pt/c1-53-43-71-61-31-23-55(24-32-61)19-21-57-27-35-63(36-28-57)73-45-54(2)46-74-64-37-29-58(30-38-64)22-20-56-25-33-62(34-26-56)72(44-53)79(71)83-51-81(75-41-39-65(47-77(75)83)59-11-5-3-6-12-59)67-15-9-17-69(49-67)85-70-18-10-16-68(50-70)82-52-84(80(73)74)78-48-66(40-42-76(78)82)60-13-7-4-8-14-60;/h3-18,23-50H,19-22H2,1-2H3;. The van der Waals surface area contributed by atoms with Gasteiger partial charge in [-0.05, 0) is 0 Å². The molecular formula is C80H58N4OPt. The zero-order chi connectivity index (χ0) is 57.0. The summed E-state index contributed by atoms with van der Waals surface area (Å²) >= 11 is -1.33. The maximum absolute atomic E-state index is 7.07. The van der Waals surface area contributed by atoms with E-state index >= 15 is 0 Å². The topological polar surface area (TPSA) is 22.2 Å². The zero-order valence-corrected chi connectivity index (χ0v) is 50.0. The van der Waals surface area contributed by atoms with Gasteiger partial charge in [0, 0.05) is 0 Å². The molecule has 86 heavy (non-hydrogen) atoms. The van der Waals surface area contributed by atoms with Crippen LogP contribution in [0.3, 0.4) is 0 Å². The second-order valence-corrected chi connectivity index (χ2v) is 25.9. The first kappa shape index (κ1) is 50.6. The molecule has 0 aromatic heterocycles. The van der Waals surface area contributed by atoms with E-state index in [0.717, 1.165) is 93.8 Å².